The van der Waals surface area contributed by atoms with Crippen molar-refractivity contribution in [3.05, 3.63) is 82.4 Å². The lowest BCUT2D eigenvalue weighted by Crippen LogP contribution is -2.22. The van der Waals surface area contributed by atoms with E-state index in [1.807, 2.05) is 24.3 Å². The number of H-pyrrole nitrogens is 1. The highest BCUT2D eigenvalue weighted by Gasteiger charge is 2.14. The van der Waals surface area contributed by atoms with E-state index in [2.05, 4.69) is 15.3 Å². The number of hydrogen-bond acceptors (Lipinski definition) is 5. The average molecular weight is 362 g/mol. The van der Waals surface area contributed by atoms with E-state index in [4.69, 9.17) is 4.42 Å². The quantitative estimate of drug-likeness (QED) is 0.415. The Bertz CT molecular complexity index is 1100. The van der Waals surface area contributed by atoms with Crippen molar-refractivity contribution in [1.82, 2.24) is 15.3 Å². The van der Waals surface area contributed by atoms with Gasteiger partial charge in [-0.25, -0.2) is 4.98 Å². The topological polar surface area (TPSA) is 114 Å². The van der Waals surface area contributed by atoms with Gasteiger partial charge in [0.25, 0.3) is 11.6 Å². The maximum absolute atomic E-state index is 12.3. The Balaban J connectivity index is 1.44. The van der Waals surface area contributed by atoms with E-state index in [9.17, 15) is 14.9 Å². The van der Waals surface area contributed by atoms with Crippen LogP contribution in [-0.4, -0.2) is 20.8 Å². The molecule has 0 fully saturated rings. The molecule has 8 heteroatoms. The molecule has 2 heterocycles. The second-order valence-electron chi connectivity index (χ2n) is 5.85. The summed E-state index contributed by atoms with van der Waals surface area (Å²) in [6.07, 6.45) is 0. The maximum atomic E-state index is 12.3. The van der Waals surface area contributed by atoms with Gasteiger partial charge in [0.1, 0.15) is 11.6 Å². The first-order valence-corrected chi connectivity index (χ1v) is 8.16. The number of furan rings is 1. The van der Waals surface area contributed by atoms with Gasteiger partial charge in [0.2, 0.25) is 0 Å². The molecule has 0 aliphatic carbocycles. The monoisotopic (exact) mass is 362 g/mol. The van der Waals surface area contributed by atoms with Crippen molar-refractivity contribution in [3.63, 3.8) is 0 Å². The lowest BCUT2D eigenvalue weighted by atomic mass is 10.1. The zero-order valence-electron chi connectivity index (χ0n) is 14.0. The molecule has 2 aromatic heterocycles. The van der Waals surface area contributed by atoms with Crippen LogP contribution in [0, 0.1) is 10.1 Å². The van der Waals surface area contributed by atoms with E-state index in [1.54, 1.807) is 24.3 Å². The van der Waals surface area contributed by atoms with Crippen molar-refractivity contribution < 1.29 is 14.1 Å². The van der Waals surface area contributed by atoms with E-state index in [0.29, 0.717) is 17.1 Å². The van der Waals surface area contributed by atoms with Crippen LogP contribution in [0.25, 0.3) is 22.4 Å². The molecule has 2 aromatic carbocycles. The normalized spacial score (nSPS) is 10.8. The molecule has 4 aromatic rings. The first kappa shape index (κ1) is 16.5. The molecule has 0 atom stereocenters. The number of para-hydroxylation sites is 2. The fourth-order valence-electron chi connectivity index (χ4n) is 2.70. The number of hydrogen-bond donors (Lipinski definition) is 2. The van der Waals surface area contributed by atoms with Crippen molar-refractivity contribution in [2.75, 3.05) is 0 Å². The third-order valence-corrected chi connectivity index (χ3v) is 4.05. The Morgan fingerprint density at radius 3 is 2.63 bits per heavy atom. The predicted molar refractivity (Wildman–Crippen MR) is 98.1 cm³/mol. The van der Waals surface area contributed by atoms with E-state index in [1.165, 1.54) is 12.1 Å². The Labute approximate surface area is 153 Å². The summed E-state index contributed by atoms with van der Waals surface area (Å²) in [6, 6.07) is 16.7. The molecular weight excluding hydrogens is 348 g/mol. The summed E-state index contributed by atoms with van der Waals surface area (Å²) in [7, 11) is 0. The Morgan fingerprint density at radius 2 is 1.89 bits per heavy atom. The number of fused-ring (bicyclic) bond motifs is 1. The molecule has 1 amide bonds. The summed E-state index contributed by atoms with van der Waals surface area (Å²) in [5.41, 5.74) is 2.38. The van der Waals surface area contributed by atoms with Crippen LogP contribution < -0.4 is 5.32 Å². The highest BCUT2D eigenvalue weighted by atomic mass is 16.6. The van der Waals surface area contributed by atoms with Gasteiger partial charge >= 0.3 is 0 Å². The lowest BCUT2D eigenvalue weighted by molar-refractivity contribution is -0.384. The van der Waals surface area contributed by atoms with Crippen LogP contribution in [0.4, 0.5) is 5.69 Å². The largest absolute Gasteiger partial charge is 0.451 e. The summed E-state index contributed by atoms with van der Waals surface area (Å²) in [5, 5.41) is 13.5. The second kappa shape index (κ2) is 6.75. The number of aromatic amines is 1. The summed E-state index contributed by atoms with van der Waals surface area (Å²) in [4.78, 5) is 30.1. The van der Waals surface area contributed by atoms with Gasteiger partial charge in [0.15, 0.2) is 5.76 Å². The molecule has 27 heavy (non-hydrogen) atoms. The fourth-order valence-corrected chi connectivity index (χ4v) is 2.70. The maximum Gasteiger partial charge on any atom is 0.287 e. The number of imidazole rings is 1. The molecule has 134 valence electrons. The molecule has 0 radical (unpaired) electrons. The van der Waals surface area contributed by atoms with Crippen LogP contribution in [-0.2, 0) is 6.54 Å². The highest BCUT2D eigenvalue weighted by molar-refractivity contribution is 5.92. The Kier molecular flexibility index (Phi) is 4.13. The van der Waals surface area contributed by atoms with E-state index in [-0.39, 0.29) is 23.9 Å². The molecule has 0 saturated carbocycles. The van der Waals surface area contributed by atoms with Gasteiger partial charge in [0, 0.05) is 17.7 Å². The molecule has 4 rings (SSSR count). The van der Waals surface area contributed by atoms with Gasteiger partial charge in [-0.1, -0.05) is 12.1 Å². The summed E-state index contributed by atoms with van der Waals surface area (Å²) in [5.74, 6) is 0.883. The van der Waals surface area contributed by atoms with Crippen molar-refractivity contribution in [2.24, 2.45) is 0 Å². The molecule has 2 N–H and O–H groups in total. The number of nitrogens with one attached hydrogen (secondary N) is 2. The average Bonchev–Trinajstić information content (AvgIpc) is 3.33. The molecule has 0 unspecified atom stereocenters. The molecular formula is C19H14N4O4. The molecule has 0 aliphatic heterocycles. The van der Waals surface area contributed by atoms with Gasteiger partial charge in [-0.2, -0.15) is 0 Å². The minimum Gasteiger partial charge on any atom is -0.451 e. The van der Waals surface area contributed by atoms with Gasteiger partial charge in [-0.3, -0.25) is 14.9 Å². The minimum absolute atomic E-state index is 0.00546. The van der Waals surface area contributed by atoms with Gasteiger partial charge in [-0.15, -0.1) is 0 Å². The van der Waals surface area contributed by atoms with Gasteiger partial charge < -0.3 is 14.7 Å². The molecule has 0 aliphatic rings. The number of amides is 1. The standard InChI is InChI=1S/C19H14N4O4/c24-19(20-11-18-21-14-3-1-2-4-15(14)22-18)17-10-9-16(27-17)12-5-7-13(8-6-12)23(25)26/h1-10H,11H2,(H,20,24)(H,21,22). The third kappa shape index (κ3) is 3.40. The number of nitrogens with zero attached hydrogens (tertiary/aromatic N) is 2. The van der Waals surface area contributed by atoms with Crippen molar-refractivity contribution >= 4 is 22.6 Å². The van der Waals surface area contributed by atoms with E-state index in [0.717, 1.165) is 11.0 Å². The van der Waals surface area contributed by atoms with Gasteiger partial charge in [-0.05, 0) is 36.4 Å². The van der Waals surface area contributed by atoms with Crippen LogP contribution in [0.5, 0.6) is 0 Å². The Hall–Kier alpha value is -3.94. The van der Waals surface area contributed by atoms with Gasteiger partial charge in [0.05, 0.1) is 22.5 Å². The molecule has 0 bridgehead atoms. The number of aromatic nitrogens is 2. The number of carbonyl (C=O) groups is 1. The zero-order valence-corrected chi connectivity index (χ0v) is 14.0. The molecule has 0 spiro atoms. The van der Waals surface area contributed by atoms with E-state index >= 15 is 0 Å². The first-order valence-electron chi connectivity index (χ1n) is 8.16. The number of nitro groups is 1. The van der Waals surface area contributed by atoms with Crippen LogP contribution in [0.15, 0.2) is 65.1 Å². The third-order valence-electron chi connectivity index (χ3n) is 4.05. The Morgan fingerprint density at radius 1 is 1.11 bits per heavy atom. The second-order valence-corrected chi connectivity index (χ2v) is 5.85. The number of non-ortho nitro benzene ring substituents is 1. The molecule has 8 nitrogen and oxygen atoms in total. The van der Waals surface area contributed by atoms with Crippen LogP contribution in [0.1, 0.15) is 16.4 Å². The smallest absolute Gasteiger partial charge is 0.287 e. The van der Waals surface area contributed by atoms with Crippen LogP contribution in [0.2, 0.25) is 0 Å². The number of benzene rings is 2. The zero-order chi connectivity index (χ0) is 18.8. The summed E-state index contributed by atoms with van der Waals surface area (Å²) in [6.45, 7) is 0.237. The number of carbonyl (C=O) groups excluding carboxylic acids is 1. The minimum atomic E-state index is -0.469. The summed E-state index contributed by atoms with van der Waals surface area (Å²) < 4.78 is 5.57. The first-order chi connectivity index (χ1) is 13.1. The SMILES string of the molecule is O=C(NCc1nc2ccccc2[nH]1)c1ccc(-c2ccc([N+](=O)[O-])cc2)o1. The van der Waals surface area contributed by atoms with Crippen LogP contribution in [0.3, 0.4) is 0 Å². The predicted octanol–water partition coefficient (Wildman–Crippen LogP) is 3.66. The van der Waals surface area contributed by atoms with E-state index < -0.39 is 4.92 Å². The fraction of sp³-hybridized carbons (Fsp3) is 0.0526. The highest BCUT2D eigenvalue weighted by Crippen LogP contribution is 2.24. The number of rotatable bonds is 5. The molecule has 0 saturated heterocycles. The van der Waals surface area contributed by atoms with Crippen molar-refractivity contribution in [2.45, 2.75) is 6.54 Å². The summed E-state index contributed by atoms with van der Waals surface area (Å²) >= 11 is 0. The lowest BCUT2D eigenvalue weighted by Gasteiger charge is -2.01. The van der Waals surface area contributed by atoms with Crippen LogP contribution >= 0.6 is 0 Å². The van der Waals surface area contributed by atoms with Crippen molar-refractivity contribution in [1.29, 1.82) is 0 Å². The number of nitro benzene ring substituents is 1. The van der Waals surface area contributed by atoms with Crippen molar-refractivity contribution in [3.8, 4) is 11.3 Å².